The number of rotatable bonds is 8. The maximum absolute atomic E-state index is 13.4. The lowest BCUT2D eigenvalue weighted by atomic mass is 10.2. The average molecular weight is 293 g/mol. The Morgan fingerprint density at radius 3 is 2.81 bits per heavy atom. The maximum Gasteiger partial charge on any atom is 0.128 e. The average Bonchev–Trinajstić information content (AvgIpc) is 3.01. The van der Waals surface area contributed by atoms with Gasteiger partial charge in [0.05, 0.1) is 31.6 Å². The number of halogens is 1. The number of benzene rings is 1. The van der Waals surface area contributed by atoms with Crippen LogP contribution in [0.2, 0.25) is 0 Å². The second-order valence-corrected chi connectivity index (χ2v) is 4.91. The minimum absolute atomic E-state index is 0.0150. The van der Waals surface area contributed by atoms with Crippen molar-refractivity contribution in [2.24, 2.45) is 0 Å². The Morgan fingerprint density at radius 2 is 2.10 bits per heavy atom. The molecule has 2 rings (SSSR count). The van der Waals surface area contributed by atoms with E-state index in [1.165, 1.54) is 6.07 Å². The van der Waals surface area contributed by atoms with Crippen molar-refractivity contribution >= 4 is 0 Å². The largest absolute Gasteiger partial charge is 0.468 e. The first-order valence-corrected chi connectivity index (χ1v) is 6.93. The van der Waals surface area contributed by atoms with Crippen molar-refractivity contribution in [1.82, 2.24) is 5.32 Å². The van der Waals surface area contributed by atoms with Gasteiger partial charge in [-0.05, 0) is 25.1 Å². The van der Waals surface area contributed by atoms with Gasteiger partial charge in [0.15, 0.2) is 0 Å². The van der Waals surface area contributed by atoms with Gasteiger partial charge < -0.3 is 19.6 Å². The molecule has 0 spiro atoms. The summed E-state index contributed by atoms with van der Waals surface area (Å²) in [5, 5.41) is 13.0. The second-order valence-electron chi connectivity index (χ2n) is 4.91. The van der Waals surface area contributed by atoms with Gasteiger partial charge in [-0.3, -0.25) is 0 Å². The Bertz CT molecular complexity index is 530. The Hall–Kier alpha value is -1.69. The number of aliphatic hydroxyl groups excluding tert-OH is 1. The van der Waals surface area contributed by atoms with Crippen LogP contribution < -0.4 is 5.32 Å². The fourth-order valence-corrected chi connectivity index (χ4v) is 1.93. The molecule has 0 aliphatic carbocycles. The van der Waals surface area contributed by atoms with Crippen LogP contribution in [0.5, 0.6) is 0 Å². The summed E-state index contributed by atoms with van der Waals surface area (Å²) in [7, 11) is 0. The Labute approximate surface area is 123 Å². The lowest BCUT2D eigenvalue weighted by Crippen LogP contribution is -2.32. The van der Waals surface area contributed by atoms with Crippen LogP contribution in [0.15, 0.2) is 47.1 Å². The van der Waals surface area contributed by atoms with E-state index in [2.05, 4.69) is 5.32 Å². The summed E-state index contributed by atoms with van der Waals surface area (Å²) in [4.78, 5) is 0. The molecule has 0 amide bonds. The van der Waals surface area contributed by atoms with Crippen LogP contribution in [0.3, 0.4) is 0 Å². The highest BCUT2D eigenvalue weighted by molar-refractivity contribution is 5.16. The summed E-state index contributed by atoms with van der Waals surface area (Å²) in [6.45, 7) is 2.62. The second kappa shape index (κ2) is 7.93. The highest BCUT2D eigenvalue weighted by atomic mass is 19.1. The molecular formula is C16H20FNO3. The van der Waals surface area contributed by atoms with Gasteiger partial charge in [-0.25, -0.2) is 4.39 Å². The molecule has 1 aromatic heterocycles. The highest BCUT2D eigenvalue weighted by Gasteiger charge is 2.11. The fraction of sp³-hybridized carbons (Fsp3) is 0.375. The topological polar surface area (TPSA) is 54.6 Å². The first-order chi connectivity index (χ1) is 10.2. The van der Waals surface area contributed by atoms with Crippen molar-refractivity contribution in [2.75, 3.05) is 13.2 Å². The molecular weight excluding hydrogens is 273 g/mol. The van der Waals surface area contributed by atoms with Gasteiger partial charge in [0.1, 0.15) is 11.6 Å². The molecule has 1 aromatic carbocycles. The molecule has 21 heavy (non-hydrogen) atoms. The molecule has 5 heteroatoms. The van der Waals surface area contributed by atoms with E-state index in [0.29, 0.717) is 12.1 Å². The fourth-order valence-electron chi connectivity index (χ4n) is 1.93. The van der Waals surface area contributed by atoms with Crippen molar-refractivity contribution in [3.63, 3.8) is 0 Å². The van der Waals surface area contributed by atoms with Crippen LogP contribution in [-0.4, -0.2) is 24.4 Å². The van der Waals surface area contributed by atoms with E-state index in [4.69, 9.17) is 9.15 Å². The zero-order valence-electron chi connectivity index (χ0n) is 12.0. The highest BCUT2D eigenvalue weighted by Crippen LogP contribution is 2.12. The maximum atomic E-state index is 13.4. The predicted molar refractivity (Wildman–Crippen MR) is 77.2 cm³/mol. The normalized spacial score (nSPS) is 14.0. The number of furan rings is 1. The molecule has 0 fully saturated rings. The van der Waals surface area contributed by atoms with E-state index in [-0.39, 0.29) is 25.1 Å². The lowest BCUT2D eigenvalue weighted by Gasteiger charge is -2.16. The van der Waals surface area contributed by atoms with Gasteiger partial charge in [0, 0.05) is 12.1 Å². The van der Waals surface area contributed by atoms with E-state index in [1.54, 1.807) is 24.5 Å². The van der Waals surface area contributed by atoms with Crippen LogP contribution >= 0.6 is 0 Å². The van der Waals surface area contributed by atoms with E-state index < -0.39 is 6.10 Å². The summed E-state index contributed by atoms with van der Waals surface area (Å²) in [5.74, 6) is 0.519. The molecule has 2 atom stereocenters. The van der Waals surface area contributed by atoms with Crippen LogP contribution in [0.25, 0.3) is 0 Å². The smallest absolute Gasteiger partial charge is 0.128 e. The van der Waals surface area contributed by atoms with Crippen LogP contribution in [0.1, 0.15) is 24.3 Å². The summed E-state index contributed by atoms with van der Waals surface area (Å²) in [6.07, 6.45) is 0.954. The van der Waals surface area contributed by atoms with Crippen molar-refractivity contribution in [3.05, 3.63) is 59.8 Å². The summed E-state index contributed by atoms with van der Waals surface area (Å²) in [5.41, 5.74) is 0.488. The number of ether oxygens (including phenoxy) is 1. The summed E-state index contributed by atoms with van der Waals surface area (Å²) in [6, 6.07) is 10.2. The van der Waals surface area contributed by atoms with Gasteiger partial charge in [-0.2, -0.15) is 0 Å². The molecule has 4 nitrogen and oxygen atoms in total. The van der Waals surface area contributed by atoms with Gasteiger partial charge in [0.25, 0.3) is 0 Å². The summed E-state index contributed by atoms with van der Waals surface area (Å²) >= 11 is 0. The molecule has 0 radical (unpaired) electrons. The van der Waals surface area contributed by atoms with Gasteiger partial charge in [-0.1, -0.05) is 18.2 Å². The van der Waals surface area contributed by atoms with E-state index >= 15 is 0 Å². The number of hydrogen-bond donors (Lipinski definition) is 2. The zero-order chi connectivity index (χ0) is 15.1. The zero-order valence-corrected chi connectivity index (χ0v) is 12.0. The quantitative estimate of drug-likeness (QED) is 0.785. The molecule has 114 valence electrons. The molecule has 2 N–H and O–H groups in total. The first-order valence-electron chi connectivity index (χ1n) is 6.93. The standard InChI is InChI=1S/C16H20FNO3/c1-12(16-7-4-8-21-16)18-9-14(19)11-20-10-13-5-2-3-6-15(13)17/h2-8,12,14,18-19H,9-11H2,1H3/t12-,14?/m0/s1. The molecule has 2 aromatic rings. The van der Waals surface area contributed by atoms with Gasteiger partial charge >= 0.3 is 0 Å². The number of hydrogen-bond acceptors (Lipinski definition) is 4. The Morgan fingerprint density at radius 1 is 1.29 bits per heavy atom. The molecule has 0 aliphatic heterocycles. The SMILES string of the molecule is C[C@H](NCC(O)COCc1ccccc1F)c1ccco1. The van der Waals surface area contributed by atoms with Gasteiger partial charge in [0.2, 0.25) is 0 Å². The van der Waals surface area contributed by atoms with Crippen LogP contribution in [0, 0.1) is 5.82 Å². The van der Waals surface area contributed by atoms with Crippen molar-refractivity contribution in [2.45, 2.75) is 25.7 Å². The van der Waals surface area contributed by atoms with Crippen molar-refractivity contribution in [3.8, 4) is 0 Å². The molecule has 0 saturated heterocycles. The van der Waals surface area contributed by atoms with Crippen molar-refractivity contribution < 1.29 is 18.7 Å². The third-order valence-electron chi connectivity index (χ3n) is 3.16. The Kier molecular flexibility index (Phi) is 5.92. The lowest BCUT2D eigenvalue weighted by molar-refractivity contribution is 0.0266. The minimum atomic E-state index is -0.658. The molecule has 0 bridgehead atoms. The van der Waals surface area contributed by atoms with E-state index in [1.807, 2.05) is 19.1 Å². The van der Waals surface area contributed by atoms with E-state index in [0.717, 1.165) is 5.76 Å². The predicted octanol–water partition coefficient (Wildman–Crippen LogP) is 2.65. The van der Waals surface area contributed by atoms with E-state index in [9.17, 15) is 9.50 Å². The Balaban J connectivity index is 1.66. The third kappa shape index (κ3) is 4.97. The molecule has 1 heterocycles. The number of nitrogens with one attached hydrogen (secondary N) is 1. The first kappa shape index (κ1) is 15.7. The van der Waals surface area contributed by atoms with Gasteiger partial charge in [-0.15, -0.1) is 0 Å². The monoisotopic (exact) mass is 293 g/mol. The molecule has 0 saturated carbocycles. The van der Waals surface area contributed by atoms with Crippen LogP contribution in [0.4, 0.5) is 4.39 Å². The van der Waals surface area contributed by atoms with Crippen molar-refractivity contribution in [1.29, 1.82) is 0 Å². The summed E-state index contributed by atoms with van der Waals surface area (Å²) < 4.78 is 24.0. The number of aliphatic hydroxyl groups is 1. The molecule has 0 aliphatic rings. The third-order valence-corrected chi connectivity index (χ3v) is 3.16. The minimum Gasteiger partial charge on any atom is -0.468 e. The van der Waals surface area contributed by atoms with Crippen LogP contribution in [-0.2, 0) is 11.3 Å². The molecule has 1 unspecified atom stereocenters.